The van der Waals surface area contributed by atoms with Crippen LogP contribution in [0.25, 0.3) is 10.9 Å². The summed E-state index contributed by atoms with van der Waals surface area (Å²) in [6, 6.07) is 5.67. The van der Waals surface area contributed by atoms with Gasteiger partial charge in [0.2, 0.25) is 5.76 Å². The summed E-state index contributed by atoms with van der Waals surface area (Å²) in [5.74, 6) is -1.81. The number of alkyl halides is 2. The molecule has 0 atom stereocenters. The highest BCUT2D eigenvalue weighted by molar-refractivity contribution is 5.97. The highest BCUT2D eigenvalue weighted by atomic mass is 19.3. The van der Waals surface area contributed by atoms with Crippen LogP contribution in [0.2, 0.25) is 0 Å². The van der Waals surface area contributed by atoms with Gasteiger partial charge >= 0.3 is 6.61 Å². The summed E-state index contributed by atoms with van der Waals surface area (Å²) in [6.07, 6.45) is 3.94. The van der Waals surface area contributed by atoms with Crippen molar-refractivity contribution in [2.24, 2.45) is 0 Å². The van der Waals surface area contributed by atoms with Gasteiger partial charge in [-0.25, -0.2) is 9.37 Å². The minimum atomic E-state index is -3.15. The number of aromatic nitrogens is 2. The molecule has 3 heterocycles. The van der Waals surface area contributed by atoms with Crippen molar-refractivity contribution in [1.29, 1.82) is 5.26 Å². The van der Waals surface area contributed by atoms with E-state index in [1.54, 1.807) is 0 Å². The minimum absolute atomic E-state index is 0. The topological polar surface area (TPSA) is 104 Å². The second-order valence-electron chi connectivity index (χ2n) is 6.93. The Hall–Kier alpha value is -3.81. The molecule has 0 bridgehead atoms. The molecule has 1 amide bonds. The first kappa shape index (κ1) is 20.5. The fraction of sp³-hybridized carbons (Fsp3) is 0.300. The molecular formula is C20H18F3N5O3. The number of hydrogen-bond acceptors (Lipinski definition) is 7. The van der Waals surface area contributed by atoms with Crippen LogP contribution in [0.15, 0.2) is 35.0 Å². The maximum atomic E-state index is 14.0. The molecule has 11 heteroatoms. The molecule has 1 aliphatic rings. The Morgan fingerprint density at radius 1 is 1.29 bits per heavy atom. The van der Waals surface area contributed by atoms with Gasteiger partial charge in [-0.3, -0.25) is 9.78 Å². The Balaban J connectivity index is 0.00000289. The Kier molecular flexibility index (Phi) is 5.62. The van der Waals surface area contributed by atoms with Crippen molar-refractivity contribution < 1.29 is 28.5 Å². The summed E-state index contributed by atoms with van der Waals surface area (Å²) >= 11 is 0. The summed E-state index contributed by atoms with van der Waals surface area (Å²) in [4.78, 5) is 22.6. The van der Waals surface area contributed by atoms with Gasteiger partial charge in [-0.1, -0.05) is 0 Å². The highest BCUT2D eigenvalue weighted by Crippen LogP contribution is 2.26. The molecule has 2 aromatic heterocycles. The number of carbonyl (C=O) groups is 1. The van der Waals surface area contributed by atoms with Crippen LogP contribution >= 0.6 is 0 Å². The van der Waals surface area contributed by atoms with Crippen LogP contribution in [0.3, 0.4) is 0 Å². The third-order valence-corrected chi connectivity index (χ3v) is 4.92. The third kappa shape index (κ3) is 4.53. The van der Waals surface area contributed by atoms with Crippen LogP contribution in [0.5, 0.6) is 5.75 Å². The molecule has 0 aliphatic carbocycles. The Labute approximate surface area is 175 Å². The summed E-state index contributed by atoms with van der Waals surface area (Å²) in [6.45, 7) is -1.98. The average molecular weight is 433 g/mol. The molecule has 1 N–H and O–H groups in total. The largest absolute Gasteiger partial charge is 0.432 e. The number of pyridine rings is 1. The normalized spacial score (nSPS) is 14.6. The zero-order valence-electron chi connectivity index (χ0n) is 16.0. The van der Waals surface area contributed by atoms with Gasteiger partial charge in [-0.2, -0.15) is 14.0 Å². The van der Waals surface area contributed by atoms with Gasteiger partial charge in [0.15, 0.2) is 11.6 Å². The molecule has 3 aromatic rings. The van der Waals surface area contributed by atoms with Gasteiger partial charge < -0.3 is 19.4 Å². The number of nitrogens with one attached hydrogen (secondary N) is 1. The number of ether oxygens (including phenoxy) is 1. The SMILES string of the molecule is N#Cc1cnc(N2CCC(NC(=O)c3cnc4cc(OC(F)F)c(F)cc4c3)CC2)o1.[HH]. The van der Waals surface area contributed by atoms with Crippen molar-refractivity contribution in [3.8, 4) is 11.8 Å². The van der Waals surface area contributed by atoms with E-state index < -0.39 is 18.2 Å². The van der Waals surface area contributed by atoms with Crippen molar-refractivity contribution in [1.82, 2.24) is 15.3 Å². The maximum absolute atomic E-state index is 14.0. The van der Waals surface area contributed by atoms with Crippen LogP contribution in [0.1, 0.15) is 30.4 Å². The summed E-state index contributed by atoms with van der Waals surface area (Å²) in [5.41, 5.74) is 0.452. The third-order valence-electron chi connectivity index (χ3n) is 4.92. The molecule has 31 heavy (non-hydrogen) atoms. The number of piperidine rings is 1. The predicted molar refractivity (Wildman–Crippen MR) is 104 cm³/mol. The number of nitrogens with zero attached hydrogens (tertiary/aromatic N) is 4. The number of hydrogen-bond donors (Lipinski definition) is 1. The van der Waals surface area contributed by atoms with Crippen molar-refractivity contribution in [2.45, 2.75) is 25.5 Å². The highest BCUT2D eigenvalue weighted by Gasteiger charge is 2.24. The van der Waals surface area contributed by atoms with E-state index in [-0.39, 0.29) is 30.2 Å². The fourth-order valence-corrected chi connectivity index (χ4v) is 3.39. The monoisotopic (exact) mass is 433 g/mol. The standard InChI is InChI=1S/C20H16F3N5O3.H2/c21-15-6-11-5-12(9-25-16(11)7-17(15)31-19(22)23)18(29)27-13-1-3-28(4-2-13)20-26-10-14(8-24)30-20;/h5-7,9-10,13,19H,1-4H2,(H,27,29);1H. The van der Waals surface area contributed by atoms with Crippen LogP contribution in [0, 0.1) is 17.1 Å². The lowest BCUT2D eigenvalue weighted by Crippen LogP contribution is -2.44. The van der Waals surface area contributed by atoms with Gasteiger partial charge in [0, 0.05) is 38.2 Å². The number of anilines is 1. The number of rotatable bonds is 5. The van der Waals surface area contributed by atoms with E-state index in [1.807, 2.05) is 11.0 Å². The van der Waals surface area contributed by atoms with Crippen molar-refractivity contribution >= 4 is 22.8 Å². The van der Waals surface area contributed by atoms with E-state index in [9.17, 15) is 18.0 Å². The molecule has 0 spiro atoms. The van der Waals surface area contributed by atoms with Crippen LogP contribution in [-0.4, -0.2) is 41.6 Å². The molecule has 1 aliphatic heterocycles. The Bertz CT molecular complexity index is 1160. The number of nitriles is 1. The molecule has 0 radical (unpaired) electrons. The van der Waals surface area contributed by atoms with Gasteiger partial charge in [0.05, 0.1) is 17.3 Å². The van der Waals surface area contributed by atoms with Gasteiger partial charge in [-0.15, -0.1) is 0 Å². The van der Waals surface area contributed by atoms with Crippen LogP contribution in [0.4, 0.5) is 19.2 Å². The number of carbonyl (C=O) groups excluding carboxylic acids is 1. The molecule has 8 nitrogen and oxygen atoms in total. The van der Waals surface area contributed by atoms with Crippen LogP contribution in [-0.2, 0) is 0 Å². The first-order valence-electron chi connectivity index (χ1n) is 9.39. The summed E-state index contributed by atoms with van der Waals surface area (Å²) < 4.78 is 48.1. The molecule has 0 unspecified atom stereocenters. The lowest BCUT2D eigenvalue weighted by molar-refractivity contribution is -0.0520. The molecule has 162 valence electrons. The first-order valence-corrected chi connectivity index (χ1v) is 9.39. The number of benzene rings is 1. The lowest BCUT2D eigenvalue weighted by atomic mass is 10.0. The zero-order valence-corrected chi connectivity index (χ0v) is 16.0. The molecular weight excluding hydrogens is 415 g/mol. The van der Waals surface area contributed by atoms with E-state index in [0.29, 0.717) is 37.3 Å². The second-order valence-corrected chi connectivity index (χ2v) is 6.93. The molecule has 0 saturated carbocycles. The average Bonchev–Trinajstić information content (AvgIpc) is 3.23. The van der Waals surface area contributed by atoms with Crippen molar-refractivity contribution in [3.63, 3.8) is 0 Å². The van der Waals surface area contributed by atoms with Crippen molar-refractivity contribution in [3.05, 3.63) is 47.7 Å². The summed E-state index contributed by atoms with van der Waals surface area (Å²) in [5, 5.41) is 12.0. The van der Waals surface area contributed by atoms with E-state index >= 15 is 0 Å². The zero-order chi connectivity index (χ0) is 22.0. The van der Waals surface area contributed by atoms with Crippen LogP contribution < -0.4 is 15.0 Å². The predicted octanol–water partition coefficient (Wildman–Crippen LogP) is 3.48. The van der Waals surface area contributed by atoms with E-state index in [1.165, 1.54) is 18.5 Å². The number of amides is 1. The van der Waals surface area contributed by atoms with Gasteiger partial charge in [-0.05, 0) is 25.0 Å². The van der Waals surface area contributed by atoms with Gasteiger partial charge in [0.1, 0.15) is 6.07 Å². The van der Waals surface area contributed by atoms with E-state index in [4.69, 9.17) is 9.68 Å². The summed E-state index contributed by atoms with van der Waals surface area (Å²) in [7, 11) is 0. The lowest BCUT2D eigenvalue weighted by Gasteiger charge is -2.31. The molecule has 1 fully saturated rings. The fourth-order valence-electron chi connectivity index (χ4n) is 3.39. The minimum Gasteiger partial charge on any atom is -0.432 e. The van der Waals surface area contributed by atoms with Crippen molar-refractivity contribution in [2.75, 3.05) is 18.0 Å². The second kappa shape index (κ2) is 8.51. The maximum Gasteiger partial charge on any atom is 0.387 e. The Morgan fingerprint density at radius 2 is 2.06 bits per heavy atom. The molecule has 1 aromatic carbocycles. The smallest absolute Gasteiger partial charge is 0.387 e. The number of oxazole rings is 1. The molecule has 1 saturated heterocycles. The first-order chi connectivity index (χ1) is 14.9. The quantitative estimate of drug-likeness (QED) is 0.657. The molecule has 4 rings (SSSR count). The number of fused-ring (bicyclic) bond motifs is 1. The van der Waals surface area contributed by atoms with Gasteiger partial charge in [0.25, 0.3) is 11.9 Å². The Morgan fingerprint density at radius 3 is 2.74 bits per heavy atom. The van der Waals surface area contributed by atoms with E-state index in [2.05, 4.69) is 20.0 Å². The van der Waals surface area contributed by atoms with E-state index in [0.717, 1.165) is 12.1 Å². The number of halogens is 3.